The zero-order chi connectivity index (χ0) is 20.8. The van der Waals surface area contributed by atoms with Gasteiger partial charge in [-0.3, -0.25) is 14.9 Å². The molecule has 0 N–H and O–H groups in total. The molecule has 4 aromatic rings. The Labute approximate surface area is 176 Å². The minimum atomic E-state index is -0.397. The number of thiazole rings is 1. The van der Waals surface area contributed by atoms with Crippen LogP contribution in [0.5, 0.6) is 0 Å². The predicted molar refractivity (Wildman–Crippen MR) is 119 cm³/mol. The summed E-state index contributed by atoms with van der Waals surface area (Å²) in [4.78, 5) is 31.5. The summed E-state index contributed by atoms with van der Waals surface area (Å²) in [7, 11) is 0. The molecule has 0 atom stereocenters. The Kier molecular flexibility index (Phi) is 4.51. The summed E-state index contributed by atoms with van der Waals surface area (Å²) < 4.78 is 2.14. The highest BCUT2D eigenvalue weighted by molar-refractivity contribution is 7.15. The largest absolute Gasteiger partial charge is 0.371 e. The van der Waals surface area contributed by atoms with E-state index in [1.54, 1.807) is 22.6 Å². The molecule has 0 saturated carbocycles. The van der Waals surface area contributed by atoms with Gasteiger partial charge >= 0.3 is 0 Å². The summed E-state index contributed by atoms with van der Waals surface area (Å²) >= 11 is 1.31. The Bertz CT molecular complexity index is 1380. The first kappa shape index (κ1) is 18.7. The quantitative estimate of drug-likeness (QED) is 0.374. The second-order valence-electron chi connectivity index (χ2n) is 7.80. The average molecular weight is 420 g/mol. The summed E-state index contributed by atoms with van der Waals surface area (Å²) in [6.45, 7) is 4.06. The number of imidazole rings is 1. The van der Waals surface area contributed by atoms with Gasteiger partial charge in [0.2, 0.25) is 0 Å². The first-order valence-corrected chi connectivity index (χ1v) is 10.8. The lowest BCUT2D eigenvalue weighted by molar-refractivity contribution is -0.384. The van der Waals surface area contributed by atoms with Crippen molar-refractivity contribution in [1.82, 2.24) is 9.38 Å². The average Bonchev–Trinajstić information content (AvgIpc) is 3.25. The maximum atomic E-state index is 13.1. The highest BCUT2D eigenvalue weighted by atomic mass is 32.1. The lowest BCUT2D eigenvalue weighted by Crippen LogP contribution is -2.33. The second-order valence-corrected chi connectivity index (χ2v) is 8.81. The molecule has 1 aliphatic rings. The van der Waals surface area contributed by atoms with E-state index in [0.717, 1.165) is 42.7 Å². The molecule has 0 unspecified atom stereocenters. The third kappa shape index (κ3) is 3.13. The van der Waals surface area contributed by atoms with Crippen molar-refractivity contribution in [3.05, 3.63) is 73.0 Å². The van der Waals surface area contributed by atoms with E-state index in [4.69, 9.17) is 0 Å². The molecule has 1 fully saturated rings. The molecule has 0 radical (unpaired) electrons. The number of non-ortho nitro benzene ring substituents is 1. The molecular formula is C22H20N4O3S. The Morgan fingerprint density at radius 3 is 2.73 bits per heavy atom. The van der Waals surface area contributed by atoms with Crippen molar-refractivity contribution in [3.8, 4) is 0 Å². The minimum absolute atomic E-state index is 0.0228. The number of fused-ring (bicyclic) bond motifs is 3. The van der Waals surface area contributed by atoms with Gasteiger partial charge in [0, 0.05) is 36.5 Å². The molecule has 0 amide bonds. The lowest BCUT2D eigenvalue weighted by atomic mass is 9.98. The summed E-state index contributed by atoms with van der Waals surface area (Å²) in [6, 6.07) is 12.4. The Hall–Kier alpha value is -3.26. The Morgan fingerprint density at radius 1 is 1.20 bits per heavy atom. The van der Waals surface area contributed by atoms with Gasteiger partial charge in [-0.2, -0.15) is 0 Å². The number of benzene rings is 2. The smallest absolute Gasteiger partial charge is 0.274 e. The van der Waals surface area contributed by atoms with E-state index >= 15 is 0 Å². The number of nitro benzene ring substituents is 1. The lowest BCUT2D eigenvalue weighted by Gasteiger charge is -2.33. The predicted octanol–water partition coefficient (Wildman–Crippen LogP) is 3.60. The van der Waals surface area contributed by atoms with Gasteiger partial charge in [0.1, 0.15) is 0 Å². The van der Waals surface area contributed by atoms with Crippen LogP contribution >= 0.6 is 11.3 Å². The first-order chi connectivity index (χ1) is 14.5. The highest BCUT2D eigenvalue weighted by Crippen LogP contribution is 2.30. The zero-order valence-corrected chi connectivity index (χ0v) is 17.3. The Morgan fingerprint density at radius 2 is 1.97 bits per heavy atom. The van der Waals surface area contributed by atoms with Crippen LogP contribution in [-0.4, -0.2) is 27.4 Å². The van der Waals surface area contributed by atoms with E-state index in [1.807, 2.05) is 24.3 Å². The summed E-state index contributed by atoms with van der Waals surface area (Å²) in [5.74, 6) is 0.679. The van der Waals surface area contributed by atoms with E-state index in [-0.39, 0.29) is 11.2 Å². The van der Waals surface area contributed by atoms with Crippen LogP contribution in [0.15, 0.2) is 47.3 Å². The number of piperidine rings is 1. The summed E-state index contributed by atoms with van der Waals surface area (Å²) in [5.41, 5.74) is 3.07. The molecule has 0 spiro atoms. The van der Waals surface area contributed by atoms with Crippen LogP contribution in [0.3, 0.4) is 0 Å². The number of para-hydroxylation sites is 2. The fourth-order valence-corrected chi connectivity index (χ4v) is 5.04. The molecule has 0 aliphatic carbocycles. The monoisotopic (exact) mass is 420 g/mol. The SMILES string of the molecule is CC1CCN(c2ccc([N+](=O)[O-])cc2/C=c2/sc3nc4ccccc4n3c2=O)CC1. The van der Waals surface area contributed by atoms with Gasteiger partial charge in [-0.1, -0.05) is 30.4 Å². The van der Waals surface area contributed by atoms with Crippen LogP contribution < -0.4 is 15.0 Å². The first-order valence-electron chi connectivity index (χ1n) is 9.96. The van der Waals surface area contributed by atoms with Gasteiger partial charge < -0.3 is 4.90 Å². The van der Waals surface area contributed by atoms with Gasteiger partial charge in [0.25, 0.3) is 11.2 Å². The van der Waals surface area contributed by atoms with Gasteiger partial charge in [0.05, 0.1) is 20.5 Å². The molecule has 7 nitrogen and oxygen atoms in total. The molecule has 0 bridgehead atoms. The molecule has 152 valence electrons. The van der Waals surface area contributed by atoms with Crippen molar-refractivity contribution in [2.45, 2.75) is 19.8 Å². The topological polar surface area (TPSA) is 80.8 Å². The molecule has 1 saturated heterocycles. The van der Waals surface area contributed by atoms with Gasteiger partial charge in [-0.15, -0.1) is 0 Å². The standard InChI is InChI=1S/C22H20N4O3S/c1-14-8-10-24(11-9-14)18-7-6-16(26(28)29)12-15(18)13-20-21(27)25-19-5-3-2-4-17(19)23-22(25)30-20/h2-7,12-14H,8-11H2,1H3/b20-13+. The number of hydrogen-bond acceptors (Lipinski definition) is 6. The summed E-state index contributed by atoms with van der Waals surface area (Å²) in [6.07, 6.45) is 3.95. The van der Waals surface area contributed by atoms with E-state index in [1.165, 1.54) is 17.4 Å². The number of nitro groups is 1. The highest BCUT2D eigenvalue weighted by Gasteiger charge is 2.20. The fourth-order valence-electron chi connectivity index (χ4n) is 4.06. The number of hydrogen-bond donors (Lipinski definition) is 0. The van der Waals surface area contributed by atoms with Gasteiger partial charge in [-0.25, -0.2) is 9.38 Å². The third-order valence-corrected chi connectivity index (χ3v) is 6.75. The number of rotatable bonds is 3. The zero-order valence-electron chi connectivity index (χ0n) is 16.4. The normalized spacial score (nSPS) is 16.0. The maximum Gasteiger partial charge on any atom is 0.274 e. The van der Waals surface area contributed by atoms with Crippen molar-refractivity contribution in [2.75, 3.05) is 18.0 Å². The fraction of sp³-hybridized carbons (Fsp3) is 0.273. The number of anilines is 1. The van der Waals surface area contributed by atoms with E-state index in [9.17, 15) is 14.9 Å². The van der Waals surface area contributed by atoms with E-state index < -0.39 is 4.92 Å². The van der Waals surface area contributed by atoms with Crippen molar-refractivity contribution < 1.29 is 4.92 Å². The maximum absolute atomic E-state index is 13.1. The van der Waals surface area contributed by atoms with E-state index in [2.05, 4.69) is 16.8 Å². The van der Waals surface area contributed by atoms with Crippen molar-refractivity contribution >= 4 is 44.8 Å². The van der Waals surface area contributed by atoms with Crippen LogP contribution in [-0.2, 0) is 0 Å². The third-order valence-electron chi connectivity index (χ3n) is 5.78. The molecule has 2 aromatic carbocycles. The number of aromatic nitrogens is 2. The van der Waals surface area contributed by atoms with Gasteiger partial charge in [-0.05, 0) is 43.0 Å². The van der Waals surface area contributed by atoms with Crippen molar-refractivity contribution in [3.63, 3.8) is 0 Å². The molecule has 2 aromatic heterocycles. The van der Waals surface area contributed by atoms with Crippen molar-refractivity contribution in [1.29, 1.82) is 0 Å². The molecule has 3 heterocycles. The molecule has 1 aliphatic heterocycles. The van der Waals surface area contributed by atoms with Crippen molar-refractivity contribution in [2.24, 2.45) is 5.92 Å². The second kappa shape index (κ2) is 7.21. The van der Waals surface area contributed by atoms with Crippen LogP contribution in [0.1, 0.15) is 25.3 Å². The van der Waals surface area contributed by atoms with Crippen LogP contribution in [0.4, 0.5) is 11.4 Å². The molecule has 8 heteroatoms. The molecule has 30 heavy (non-hydrogen) atoms. The van der Waals surface area contributed by atoms with Crippen LogP contribution in [0.25, 0.3) is 22.1 Å². The van der Waals surface area contributed by atoms with Gasteiger partial charge in [0.15, 0.2) is 4.96 Å². The van der Waals surface area contributed by atoms with Crippen LogP contribution in [0, 0.1) is 16.0 Å². The Balaban J connectivity index is 1.68. The summed E-state index contributed by atoms with van der Waals surface area (Å²) in [5, 5.41) is 11.4. The van der Waals surface area contributed by atoms with E-state index in [0.29, 0.717) is 21.0 Å². The van der Waals surface area contributed by atoms with Crippen LogP contribution in [0.2, 0.25) is 0 Å². The minimum Gasteiger partial charge on any atom is -0.371 e. The molecular weight excluding hydrogens is 400 g/mol. The molecule has 5 rings (SSSR count). The number of nitrogens with zero attached hydrogens (tertiary/aromatic N) is 4.